The van der Waals surface area contributed by atoms with Gasteiger partial charge in [-0.15, -0.1) is 0 Å². The average molecular weight is 221 g/mol. The fourth-order valence-corrected chi connectivity index (χ4v) is 2.83. The molecule has 0 saturated heterocycles. The van der Waals surface area contributed by atoms with E-state index >= 15 is 0 Å². The Morgan fingerprint density at radius 3 is 2.56 bits per heavy atom. The van der Waals surface area contributed by atoms with Crippen LogP contribution < -0.4 is 5.73 Å². The van der Waals surface area contributed by atoms with Gasteiger partial charge in [-0.25, -0.2) is 0 Å². The number of hydrogen-bond acceptors (Lipinski definition) is 2. The predicted octanol–water partition coefficient (Wildman–Crippen LogP) is 2.17. The fraction of sp³-hybridized carbons (Fsp3) is 0.769. The lowest BCUT2D eigenvalue weighted by atomic mass is 9.92. The van der Waals surface area contributed by atoms with Crippen molar-refractivity contribution in [2.75, 3.05) is 6.54 Å². The first-order valence-corrected chi connectivity index (χ1v) is 6.15. The Labute approximate surface area is 98.0 Å². The Morgan fingerprint density at radius 1 is 1.50 bits per heavy atom. The summed E-state index contributed by atoms with van der Waals surface area (Å²) in [4.78, 5) is 0. The van der Waals surface area contributed by atoms with Gasteiger partial charge in [-0.05, 0) is 23.8 Å². The smallest absolute Gasteiger partial charge is 0.0492 e. The molecule has 1 unspecified atom stereocenters. The summed E-state index contributed by atoms with van der Waals surface area (Å²) >= 11 is 0. The largest absolute Gasteiger partial charge is 0.330 e. The van der Waals surface area contributed by atoms with E-state index in [2.05, 4.69) is 43.5 Å². The van der Waals surface area contributed by atoms with Crippen LogP contribution in [0.4, 0.5) is 0 Å². The number of nitrogens with two attached hydrogens (primary N) is 1. The van der Waals surface area contributed by atoms with Gasteiger partial charge in [0.2, 0.25) is 0 Å². The molecular formula is C13H23N3. The molecule has 1 aliphatic rings. The molecule has 1 atom stereocenters. The van der Waals surface area contributed by atoms with E-state index in [1.165, 1.54) is 12.1 Å². The molecule has 0 aliphatic heterocycles. The third-order valence-electron chi connectivity index (χ3n) is 4.01. The Kier molecular flexibility index (Phi) is 2.61. The van der Waals surface area contributed by atoms with Crippen molar-refractivity contribution in [2.45, 2.75) is 46.1 Å². The second-order valence-electron chi connectivity index (χ2n) is 6.14. The molecule has 90 valence electrons. The zero-order chi connectivity index (χ0) is 12.0. The number of nitrogens with zero attached hydrogens (tertiary/aromatic N) is 2. The standard InChI is InChI=1S/C13H23N3/c1-10(2)7-16-11(5-6-15-16)13(9-14)8-12(13,3)4/h5-6,10H,7-9,14H2,1-4H3. The van der Waals surface area contributed by atoms with Gasteiger partial charge in [-0.1, -0.05) is 27.7 Å². The van der Waals surface area contributed by atoms with Crippen LogP contribution in [0.2, 0.25) is 0 Å². The van der Waals surface area contributed by atoms with Crippen LogP contribution in [-0.4, -0.2) is 16.3 Å². The van der Waals surface area contributed by atoms with Gasteiger partial charge >= 0.3 is 0 Å². The molecule has 0 bridgehead atoms. The molecule has 2 N–H and O–H groups in total. The average Bonchev–Trinajstić information content (AvgIpc) is 2.57. The van der Waals surface area contributed by atoms with E-state index in [0.717, 1.165) is 13.1 Å². The van der Waals surface area contributed by atoms with E-state index in [0.29, 0.717) is 11.3 Å². The molecule has 1 fully saturated rings. The normalized spacial score (nSPS) is 27.4. The molecule has 0 radical (unpaired) electrons. The van der Waals surface area contributed by atoms with Crippen LogP contribution in [-0.2, 0) is 12.0 Å². The minimum atomic E-state index is 0.165. The monoisotopic (exact) mass is 221 g/mol. The molecule has 1 aliphatic carbocycles. The van der Waals surface area contributed by atoms with Crippen molar-refractivity contribution in [3.8, 4) is 0 Å². The summed E-state index contributed by atoms with van der Waals surface area (Å²) in [6.07, 6.45) is 3.09. The van der Waals surface area contributed by atoms with Crippen molar-refractivity contribution >= 4 is 0 Å². The first-order chi connectivity index (χ1) is 7.43. The van der Waals surface area contributed by atoms with Crippen LogP contribution >= 0.6 is 0 Å². The van der Waals surface area contributed by atoms with Crippen molar-refractivity contribution in [3.05, 3.63) is 18.0 Å². The minimum Gasteiger partial charge on any atom is -0.330 e. The summed E-state index contributed by atoms with van der Waals surface area (Å²) < 4.78 is 2.15. The van der Waals surface area contributed by atoms with E-state index in [1.807, 2.05) is 6.20 Å². The van der Waals surface area contributed by atoms with E-state index in [4.69, 9.17) is 5.73 Å². The summed E-state index contributed by atoms with van der Waals surface area (Å²) in [5.74, 6) is 0.621. The molecule has 1 aromatic heterocycles. The number of hydrogen-bond donors (Lipinski definition) is 1. The van der Waals surface area contributed by atoms with Crippen molar-refractivity contribution in [3.63, 3.8) is 0 Å². The first kappa shape index (κ1) is 11.6. The Hall–Kier alpha value is -0.830. The summed E-state index contributed by atoms with van der Waals surface area (Å²) in [6, 6.07) is 2.14. The van der Waals surface area contributed by atoms with Crippen LogP contribution in [0.25, 0.3) is 0 Å². The molecule has 1 aromatic rings. The van der Waals surface area contributed by atoms with Crippen molar-refractivity contribution in [2.24, 2.45) is 17.1 Å². The van der Waals surface area contributed by atoms with Crippen LogP contribution in [0, 0.1) is 11.3 Å². The van der Waals surface area contributed by atoms with Gasteiger partial charge < -0.3 is 5.73 Å². The first-order valence-electron chi connectivity index (χ1n) is 6.15. The molecule has 0 amide bonds. The predicted molar refractivity (Wildman–Crippen MR) is 66.2 cm³/mol. The molecule has 0 aromatic carbocycles. The third-order valence-corrected chi connectivity index (χ3v) is 4.01. The maximum atomic E-state index is 5.99. The molecule has 16 heavy (non-hydrogen) atoms. The fourth-order valence-electron chi connectivity index (χ4n) is 2.83. The summed E-state index contributed by atoms with van der Waals surface area (Å²) in [7, 11) is 0. The lowest BCUT2D eigenvalue weighted by Crippen LogP contribution is -2.29. The molecule has 0 spiro atoms. The second-order valence-corrected chi connectivity index (χ2v) is 6.14. The van der Waals surface area contributed by atoms with Crippen LogP contribution in [0.1, 0.15) is 39.8 Å². The van der Waals surface area contributed by atoms with E-state index in [1.54, 1.807) is 0 Å². The summed E-state index contributed by atoms with van der Waals surface area (Å²) in [5.41, 5.74) is 7.82. The van der Waals surface area contributed by atoms with Crippen molar-refractivity contribution < 1.29 is 0 Å². The number of rotatable bonds is 4. The molecule has 3 heteroatoms. The highest BCUT2D eigenvalue weighted by molar-refractivity contribution is 5.32. The highest BCUT2D eigenvalue weighted by Gasteiger charge is 2.62. The second kappa shape index (κ2) is 3.59. The van der Waals surface area contributed by atoms with Gasteiger partial charge in [0.25, 0.3) is 0 Å². The van der Waals surface area contributed by atoms with Crippen LogP contribution in [0.5, 0.6) is 0 Å². The van der Waals surface area contributed by atoms with Gasteiger partial charge in [0.15, 0.2) is 0 Å². The Balaban J connectivity index is 2.31. The van der Waals surface area contributed by atoms with Crippen LogP contribution in [0.15, 0.2) is 12.3 Å². The van der Waals surface area contributed by atoms with Gasteiger partial charge in [0.1, 0.15) is 0 Å². The minimum absolute atomic E-state index is 0.165. The summed E-state index contributed by atoms with van der Waals surface area (Å²) in [5, 5.41) is 4.44. The third kappa shape index (κ3) is 1.58. The summed E-state index contributed by atoms with van der Waals surface area (Å²) in [6.45, 7) is 10.8. The lowest BCUT2D eigenvalue weighted by molar-refractivity contribution is 0.418. The molecular weight excluding hydrogens is 198 g/mol. The molecule has 1 saturated carbocycles. The quantitative estimate of drug-likeness (QED) is 0.846. The van der Waals surface area contributed by atoms with E-state index in [9.17, 15) is 0 Å². The Bertz CT molecular complexity index is 378. The van der Waals surface area contributed by atoms with Crippen molar-refractivity contribution in [1.29, 1.82) is 0 Å². The number of aromatic nitrogens is 2. The maximum Gasteiger partial charge on any atom is 0.0492 e. The molecule has 3 nitrogen and oxygen atoms in total. The van der Waals surface area contributed by atoms with Gasteiger partial charge in [-0.3, -0.25) is 4.68 Å². The molecule has 2 rings (SSSR count). The highest BCUT2D eigenvalue weighted by Crippen LogP contribution is 2.63. The van der Waals surface area contributed by atoms with E-state index < -0.39 is 0 Å². The topological polar surface area (TPSA) is 43.8 Å². The van der Waals surface area contributed by atoms with Crippen LogP contribution in [0.3, 0.4) is 0 Å². The molecule has 1 heterocycles. The highest BCUT2D eigenvalue weighted by atomic mass is 15.3. The Morgan fingerprint density at radius 2 is 2.12 bits per heavy atom. The van der Waals surface area contributed by atoms with Gasteiger partial charge in [0.05, 0.1) is 0 Å². The van der Waals surface area contributed by atoms with Gasteiger partial charge in [-0.2, -0.15) is 5.10 Å². The lowest BCUT2D eigenvalue weighted by Gasteiger charge is -2.21. The SMILES string of the molecule is CC(C)Cn1nccc1C1(CN)CC1(C)C. The maximum absolute atomic E-state index is 5.99. The zero-order valence-corrected chi connectivity index (χ0v) is 10.8. The van der Waals surface area contributed by atoms with Gasteiger partial charge in [0, 0.05) is 30.4 Å². The zero-order valence-electron chi connectivity index (χ0n) is 10.8. The van der Waals surface area contributed by atoms with E-state index in [-0.39, 0.29) is 5.41 Å². The van der Waals surface area contributed by atoms with Crippen molar-refractivity contribution in [1.82, 2.24) is 9.78 Å².